The molecule has 176 valence electrons. The van der Waals surface area contributed by atoms with Gasteiger partial charge in [0.05, 0.1) is 23.2 Å². The van der Waals surface area contributed by atoms with Gasteiger partial charge in [0.2, 0.25) is 0 Å². The summed E-state index contributed by atoms with van der Waals surface area (Å²) in [5.41, 5.74) is 7.72. The van der Waals surface area contributed by atoms with E-state index in [0.29, 0.717) is 12.5 Å². The number of aliphatic hydroxyl groups is 1. The Balaban J connectivity index is 1.48. The molecule has 5 rings (SSSR count). The number of benzene rings is 2. The zero-order valence-electron chi connectivity index (χ0n) is 19.9. The molecule has 2 saturated carbocycles. The average Bonchev–Trinajstić information content (AvgIpc) is 3.01. The summed E-state index contributed by atoms with van der Waals surface area (Å²) in [7, 11) is 0. The lowest BCUT2D eigenvalue weighted by atomic mass is 9.71. The van der Waals surface area contributed by atoms with E-state index in [1.807, 2.05) is 28.0 Å². The van der Waals surface area contributed by atoms with Crippen molar-refractivity contribution in [3.63, 3.8) is 0 Å². The van der Waals surface area contributed by atoms with Crippen LogP contribution < -0.4 is 5.73 Å². The van der Waals surface area contributed by atoms with E-state index in [1.165, 1.54) is 5.56 Å². The Labute approximate surface area is 197 Å². The van der Waals surface area contributed by atoms with Gasteiger partial charge in [-0.2, -0.15) is 0 Å². The highest BCUT2D eigenvalue weighted by atomic mass is 16.3. The van der Waals surface area contributed by atoms with Gasteiger partial charge >= 0.3 is 6.03 Å². The molecule has 1 unspecified atom stereocenters. The van der Waals surface area contributed by atoms with Crippen LogP contribution in [0.1, 0.15) is 75.8 Å². The van der Waals surface area contributed by atoms with Gasteiger partial charge < -0.3 is 15.7 Å². The zero-order chi connectivity index (χ0) is 23.3. The van der Waals surface area contributed by atoms with Crippen LogP contribution in [0.4, 0.5) is 4.79 Å². The highest BCUT2D eigenvalue weighted by Crippen LogP contribution is 2.50. The molecule has 0 radical (unpaired) electrons. The van der Waals surface area contributed by atoms with E-state index >= 15 is 0 Å². The summed E-state index contributed by atoms with van der Waals surface area (Å²) in [6, 6.07) is 20.8. The number of urea groups is 1. The van der Waals surface area contributed by atoms with Gasteiger partial charge in [-0.05, 0) is 75.8 Å². The van der Waals surface area contributed by atoms with Crippen molar-refractivity contribution < 1.29 is 9.90 Å². The Kier molecular flexibility index (Phi) is 5.53. The molecule has 3 N–H and O–H groups in total. The van der Waals surface area contributed by atoms with Crippen LogP contribution in [0.15, 0.2) is 60.7 Å². The maximum absolute atomic E-state index is 14.0. The van der Waals surface area contributed by atoms with Crippen molar-refractivity contribution in [1.82, 2.24) is 9.80 Å². The first kappa shape index (κ1) is 22.4. The molecule has 2 aromatic carbocycles. The van der Waals surface area contributed by atoms with E-state index in [4.69, 9.17) is 5.73 Å². The van der Waals surface area contributed by atoms with Crippen molar-refractivity contribution in [1.29, 1.82) is 0 Å². The Bertz CT molecular complexity index is 979. The monoisotopic (exact) mass is 447 g/mol. The minimum Gasteiger partial charge on any atom is -0.388 e. The van der Waals surface area contributed by atoms with Gasteiger partial charge in [0.1, 0.15) is 6.17 Å². The number of hydrogen-bond acceptors (Lipinski definition) is 3. The molecule has 2 amide bonds. The Morgan fingerprint density at radius 1 is 0.970 bits per heavy atom. The minimum absolute atomic E-state index is 0.0326. The molecule has 1 saturated heterocycles. The molecule has 3 aliphatic rings. The third-order valence-corrected chi connectivity index (χ3v) is 8.74. The van der Waals surface area contributed by atoms with Crippen LogP contribution >= 0.6 is 0 Å². The molecular weight excluding hydrogens is 410 g/mol. The van der Waals surface area contributed by atoms with Crippen molar-refractivity contribution in [2.75, 3.05) is 6.54 Å². The zero-order valence-corrected chi connectivity index (χ0v) is 19.9. The first-order chi connectivity index (χ1) is 15.8. The SMILES string of the molecule is CC(C)(c1ccccc1)N1C(=O)N(CC2(O)CCC2)C2(CCC(c3ccccc3)CC2)C1N. The summed E-state index contributed by atoms with van der Waals surface area (Å²) in [6.07, 6.45) is 5.84. The highest BCUT2D eigenvalue weighted by molar-refractivity contribution is 5.80. The quantitative estimate of drug-likeness (QED) is 0.681. The predicted molar refractivity (Wildman–Crippen MR) is 131 cm³/mol. The number of rotatable bonds is 5. The smallest absolute Gasteiger partial charge is 0.322 e. The predicted octanol–water partition coefficient (Wildman–Crippen LogP) is 4.96. The molecule has 3 fully saturated rings. The molecular formula is C28H37N3O2. The second-order valence-electron chi connectivity index (χ2n) is 11.0. The van der Waals surface area contributed by atoms with Crippen LogP contribution in [-0.4, -0.2) is 44.8 Å². The molecule has 1 atom stereocenters. The van der Waals surface area contributed by atoms with Crippen molar-refractivity contribution >= 4 is 6.03 Å². The molecule has 1 heterocycles. The molecule has 5 heteroatoms. The van der Waals surface area contributed by atoms with Crippen molar-refractivity contribution in [3.05, 3.63) is 71.8 Å². The van der Waals surface area contributed by atoms with E-state index < -0.39 is 22.8 Å². The van der Waals surface area contributed by atoms with Crippen LogP contribution in [0, 0.1) is 0 Å². The second kappa shape index (κ2) is 8.14. The summed E-state index contributed by atoms with van der Waals surface area (Å²) in [5, 5.41) is 11.1. The maximum Gasteiger partial charge on any atom is 0.322 e. The fourth-order valence-corrected chi connectivity index (χ4v) is 6.42. The fraction of sp³-hybridized carbons (Fsp3) is 0.536. The summed E-state index contributed by atoms with van der Waals surface area (Å²) < 4.78 is 0. The highest BCUT2D eigenvalue weighted by Gasteiger charge is 2.61. The van der Waals surface area contributed by atoms with Crippen LogP contribution in [0.5, 0.6) is 0 Å². The van der Waals surface area contributed by atoms with Gasteiger partial charge in [-0.25, -0.2) is 4.79 Å². The first-order valence-corrected chi connectivity index (χ1v) is 12.5. The molecule has 2 aromatic rings. The number of carbonyl (C=O) groups is 1. The number of amides is 2. The standard InChI is InChI=1S/C28H37N3O2/c1-26(2,23-12-7-4-8-13-23)31-24(29)28(30(25(31)32)20-27(33)16-9-17-27)18-14-22(15-19-28)21-10-5-3-6-11-21/h3-8,10-13,22,24,33H,9,14-20,29H2,1-2H3. The summed E-state index contributed by atoms with van der Waals surface area (Å²) in [6.45, 7) is 4.56. The molecule has 0 aromatic heterocycles. The summed E-state index contributed by atoms with van der Waals surface area (Å²) >= 11 is 0. The van der Waals surface area contributed by atoms with Crippen molar-refractivity contribution in [3.8, 4) is 0 Å². The van der Waals surface area contributed by atoms with Gasteiger partial charge in [-0.1, -0.05) is 60.7 Å². The first-order valence-electron chi connectivity index (χ1n) is 12.5. The topological polar surface area (TPSA) is 69.8 Å². The average molecular weight is 448 g/mol. The van der Waals surface area contributed by atoms with E-state index in [1.54, 1.807) is 0 Å². The van der Waals surface area contributed by atoms with Gasteiger partial charge in [-0.15, -0.1) is 0 Å². The molecule has 5 nitrogen and oxygen atoms in total. The van der Waals surface area contributed by atoms with Crippen molar-refractivity contribution in [2.24, 2.45) is 5.73 Å². The largest absolute Gasteiger partial charge is 0.388 e. The lowest BCUT2D eigenvalue weighted by Crippen LogP contribution is -2.61. The Morgan fingerprint density at radius 2 is 1.55 bits per heavy atom. The normalized spacial score (nSPS) is 29.4. The second-order valence-corrected chi connectivity index (χ2v) is 11.0. The molecule has 33 heavy (non-hydrogen) atoms. The third kappa shape index (κ3) is 3.66. The van der Waals surface area contributed by atoms with Crippen molar-refractivity contribution in [2.45, 2.75) is 87.6 Å². The molecule has 1 spiro atoms. The number of carbonyl (C=O) groups excluding carboxylic acids is 1. The van der Waals surface area contributed by atoms with Crippen LogP contribution in [0.3, 0.4) is 0 Å². The fourth-order valence-electron chi connectivity index (χ4n) is 6.42. The van der Waals surface area contributed by atoms with Crippen LogP contribution in [-0.2, 0) is 5.54 Å². The van der Waals surface area contributed by atoms with Crippen LogP contribution in [0.25, 0.3) is 0 Å². The maximum atomic E-state index is 14.0. The third-order valence-electron chi connectivity index (χ3n) is 8.74. The minimum atomic E-state index is -0.772. The number of nitrogens with two attached hydrogens (primary N) is 1. The summed E-state index contributed by atoms with van der Waals surface area (Å²) in [4.78, 5) is 17.9. The van der Waals surface area contributed by atoms with Crippen LogP contribution in [0.2, 0.25) is 0 Å². The van der Waals surface area contributed by atoms with E-state index in [2.05, 4.69) is 56.3 Å². The van der Waals surface area contributed by atoms with E-state index in [9.17, 15) is 9.90 Å². The van der Waals surface area contributed by atoms with Gasteiger partial charge in [-0.3, -0.25) is 4.90 Å². The Hall–Kier alpha value is -2.37. The number of β-amino-alcohol motifs (C(OH)–C–C–N with tert-alkyl or cyclic N) is 1. The molecule has 0 bridgehead atoms. The number of nitrogens with zero attached hydrogens (tertiary/aromatic N) is 2. The molecule has 1 aliphatic heterocycles. The number of hydrogen-bond donors (Lipinski definition) is 2. The van der Waals surface area contributed by atoms with Gasteiger partial charge in [0, 0.05) is 0 Å². The van der Waals surface area contributed by atoms with Gasteiger partial charge in [0.25, 0.3) is 0 Å². The lowest BCUT2D eigenvalue weighted by molar-refractivity contribution is -0.0702. The molecule has 2 aliphatic carbocycles. The summed E-state index contributed by atoms with van der Waals surface area (Å²) in [5.74, 6) is 0.490. The lowest BCUT2D eigenvalue weighted by Gasteiger charge is -2.49. The van der Waals surface area contributed by atoms with E-state index in [-0.39, 0.29) is 6.03 Å². The van der Waals surface area contributed by atoms with Gasteiger partial charge in [0.15, 0.2) is 0 Å². The van der Waals surface area contributed by atoms with E-state index in [0.717, 1.165) is 50.5 Å². The Morgan fingerprint density at radius 3 is 2.09 bits per heavy atom.